The van der Waals surface area contributed by atoms with Crippen LogP contribution in [0.3, 0.4) is 0 Å². The number of hydrogen-bond acceptors (Lipinski definition) is 3. The van der Waals surface area contributed by atoms with E-state index in [0.717, 1.165) is 22.7 Å². The van der Waals surface area contributed by atoms with E-state index in [-0.39, 0.29) is 0 Å². The van der Waals surface area contributed by atoms with Crippen LogP contribution in [-0.4, -0.2) is 16.1 Å². The van der Waals surface area contributed by atoms with E-state index in [1.165, 1.54) is 63.5 Å². The maximum absolute atomic E-state index is 2.49. The molecule has 270 valence electrons. The smallest absolute Gasteiger partial charge is 0.0775 e. The Balaban J connectivity index is 1.44. The van der Waals surface area contributed by atoms with Gasteiger partial charge < -0.3 is 9.80 Å². The zero-order valence-corrected chi connectivity index (χ0v) is 35.3. The SMILES string of the molecule is C[Si](C)(C)c1ccc(N(c2ccccc2)c2cc3ccccc3c3sc4c5ccccc5cc(N(c5ccccc5)c5ccc([Si](C)(C)C)cc5)c4c23)cc1. The van der Waals surface area contributed by atoms with Crippen molar-refractivity contribution in [1.82, 2.24) is 0 Å². The average Bonchev–Trinajstić information content (AvgIpc) is 3.61. The van der Waals surface area contributed by atoms with Gasteiger partial charge in [-0.1, -0.05) is 159 Å². The Bertz CT molecular complexity index is 2620. The molecule has 2 nitrogen and oxygen atoms in total. The molecule has 55 heavy (non-hydrogen) atoms. The third kappa shape index (κ3) is 6.36. The van der Waals surface area contributed by atoms with Crippen LogP contribution in [0, 0.1) is 0 Å². The van der Waals surface area contributed by atoms with Gasteiger partial charge in [-0.2, -0.15) is 0 Å². The lowest BCUT2D eigenvalue weighted by molar-refractivity contribution is 1.30. The molecule has 8 aromatic carbocycles. The van der Waals surface area contributed by atoms with Crippen molar-refractivity contribution in [2.45, 2.75) is 39.3 Å². The number of thiophene rings is 1. The standard InChI is InChI=1S/C50H46N2SSi2/c1-54(2,3)41-29-25-39(26-30-41)51(37-19-9-7-10-20-37)45-33-35-17-13-15-23-43(35)49-47(45)48-46(34-36-18-14-16-24-44(36)50(48)53-49)52(38-21-11-8-12-22-38)40-27-31-42(32-28-40)55(4,5)6/h7-34H,1-6H3. The summed E-state index contributed by atoms with van der Waals surface area (Å²) in [4.78, 5) is 4.98. The zero-order chi connectivity index (χ0) is 37.9. The van der Waals surface area contributed by atoms with Crippen molar-refractivity contribution >= 4 is 114 Å². The Morgan fingerprint density at radius 3 is 1.05 bits per heavy atom. The van der Waals surface area contributed by atoms with Crippen LogP contribution in [0.1, 0.15) is 0 Å². The van der Waals surface area contributed by atoms with Gasteiger partial charge in [-0.3, -0.25) is 0 Å². The molecule has 0 aliphatic carbocycles. The van der Waals surface area contributed by atoms with Crippen molar-refractivity contribution in [3.63, 3.8) is 0 Å². The number of fused-ring (bicyclic) bond motifs is 7. The van der Waals surface area contributed by atoms with E-state index in [2.05, 4.69) is 219 Å². The van der Waals surface area contributed by atoms with E-state index in [9.17, 15) is 0 Å². The molecule has 9 aromatic rings. The zero-order valence-electron chi connectivity index (χ0n) is 32.5. The minimum atomic E-state index is -1.50. The van der Waals surface area contributed by atoms with E-state index in [4.69, 9.17) is 0 Å². The van der Waals surface area contributed by atoms with Gasteiger partial charge in [0.1, 0.15) is 0 Å². The fourth-order valence-corrected chi connectivity index (χ4v) is 11.7. The maximum atomic E-state index is 2.49. The summed E-state index contributed by atoms with van der Waals surface area (Å²) in [7, 11) is -3.00. The Morgan fingerprint density at radius 1 is 0.364 bits per heavy atom. The van der Waals surface area contributed by atoms with Gasteiger partial charge in [0, 0.05) is 42.9 Å². The first-order chi connectivity index (χ1) is 26.6. The summed E-state index contributed by atoms with van der Waals surface area (Å²) in [6, 6.07) is 63.3. The first kappa shape index (κ1) is 35.2. The van der Waals surface area contributed by atoms with Crippen LogP contribution in [0.25, 0.3) is 41.7 Å². The van der Waals surface area contributed by atoms with Crippen molar-refractivity contribution in [2.24, 2.45) is 0 Å². The molecule has 1 heterocycles. The lowest BCUT2D eigenvalue weighted by Gasteiger charge is -2.30. The number of para-hydroxylation sites is 2. The maximum Gasteiger partial charge on any atom is 0.0775 e. The van der Waals surface area contributed by atoms with Crippen LogP contribution in [0.5, 0.6) is 0 Å². The van der Waals surface area contributed by atoms with Crippen molar-refractivity contribution in [2.75, 3.05) is 9.80 Å². The van der Waals surface area contributed by atoms with E-state index in [1.54, 1.807) is 0 Å². The molecule has 5 heteroatoms. The summed E-state index contributed by atoms with van der Waals surface area (Å²) < 4.78 is 2.62. The monoisotopic (exact) mass is 762 g/mol. The highest BCUT2D eigenvalue weighted by Crippen LogP contribution is 2.53. The van der Waals surface area contributed by atoms with Gasteiger partial charge in [-0.15, -0.1) is 11.3 Å². The second-order valence-corrected chi connectivity index (χ2v) is 27.9. The summed E-state index contributed by atoms with van der Waals surface area (Å²) in [5.41, 5.74) is 6.98. The van der Waals surface area contributed by atoms with Crippen molar-refractivity contribution < 1.29 is 0 Å². The molecule has 9 rings (SSSR count). The lowest BCUT2D eigenvalue weighted by Crippen LogP contribution is -2.37. The van der Waals surface area contributed by atoms with Gasteiger partial charge in [0.05, 0.1) is 27.5 Å². The predicted molar refractivity (Wildman–Crippen MR) is 250 cm³/mol. The van der Waals surface area contributed by atoms with Gasteiger partial charge in [0.25, 0.3) is 0 Å². The summed E-state index contributed by atoms with van der Waals surface area (Å²) in [6.07, 6.45) is 0. The molecular weight excluding hydrogens is 717 g/mol. The summed E-state index contributed by atoms with van der Waals surface area (Å²) in [5.74, 6) is 0. The largest absolute Gasteiger partial charge is 0.310 e. The molecule has 0 bridgehead atoms. The van der Waals surface area contributed by atoms with Crippen LogP contribution >= 0.6 is 11.3 Å². The van der Waals surface area contributed by atoms with Crippen LogP contribution in [0.15, 0.2) is 170 Å². The number of benzene rings is 8. The highest BCUT2D eigenvalue weighted by atomic mass is 32.1. The Hall–Kier alpha value is -5.47. The number of rotatable bonds is 8. The molecular formula is C50H46N2SSi2. The highest BCUT2D eigenvalue weighted by molar-refractivity contribution is 7.27. The van der Waals surface area contributed by atoms with Crippen LogP contribution < -0.4 is 20.2 Å². The third-order valence-corrected chi connectivity index (χ3v) is 16.3. The quantitative estimate of drug-likeness (QED) is 0.142. The Kier molecular flexibility index (Phi) is 8.77. The van der Waals surface area contributed by atoms with E-state index in [0.29, 0.717) is 0 Å². The highest BCUT2D eigenvalue weighted by Gasteiger charge is 2.27. The third-order valence-electron chi connectivity index (χ3n) is 10.9. The van der Waals surface area contributed by atoms with Crippen LogP contribution in [0.4, 0.5) is 34.1 Å². The molecule has 0 N–H and O–H groups in total. The minimum absolute atomic E-state index is 1.14. The second-order valence-electron chi connectivity index (χ2n) is 16.7. The number of anilines is 6. The molecule has 0 unspecified atom stereocenters. The first-order valence-corrected chi connectivity index (χ1v) is 27.1. The summed E-state index contributed by atoms with van der Waals surface area (Å²) in [6.45, 7) is 14.5. The van der Waals surface area contributed by atoms with Crippen LogP contribution in [-0.2, 0) is 0 Å². The van der Waals surface area contributed by atoms with E-state index in [1.807, 2.05) is 11.3 Å². The number of hydrogen-bond donors (Lipinski definition) is 0. The van der Waals surface area contributed by atoms with E-state index >= 15 is 0 Å². The lowest BCUT2D eigenvalue weighted by atomic mass is 9.98. The van der Waals surface area contributed by atoms with Gasteiger partial charge in [-0.25, -0.2) is 0 Å². The van der Waals surface area contributed by atoms with Crippen LogP contribution in [0.2, 0.25) is 39.3 Å². The van der Waals surface area contributed by atoms with Gasteiger partial charge in [0.2, 0.25) is 0 Å². The summed E-state index contributed by atoms with van der Waals surface area (Å²) >= 11 is 1.93. The molecule has 0 amide bonds. The molecule has 0 saturated heterocycles. The molecule has 0 saturated carbocycles. The molecule has 0 atom stereocenters. The van der Waals surface area contributed by atoms with Crippen molar-refractivity contribution in [3.05, 3.63) is 170 Å². The Morgan fingerprint density at radius 2 is 0.691 bits per heavy atom. The van der Waals surface area contributed by atoms with Crippen molar-refractivity contribution in [3.8, 4) is 0 Å². The summed E-state index contributed by atoms with van der Waals surface area (Å²) in [5, 5.41) is 10.5. The van der Waals surface area contributed by atoms with Crippen molar-refractivity contribution in [1.29, 1.82) is 0 Å². The molecule has 0 aliphatic rings. The van der Waals surface area contributed by atoms with Gasteiger partial charge in [0.15, 0.2) is 0 Å². The minimum Gasteiger partial charge on any atom is -0.310 e. The van der Waals surface area contributed by atoms with E-state index < -0.39 is 16.1 Å². The predicted octanol–water partition coefficient (Wildman–Crippen LogP) is 14.4. The molecule has 0 aliphatic heterocycles. The molecule has 0 spiro atoms. The fourth-order valence-electron chi connectivity index (χ4n) is 7.98. The fraction of sp³-hybridized carbons (Fsp3) is 0.120. The Labute approximate surface area is 330 Å². The average molecular weight is 763 g/mol. The topological polar surface area (TPSA) is 6.48 Å². The second kappa shape index (κ2) is 13.7. The normalized spacial score (nSPS) is 12.2. The van der Waals surface area contributed by atoms with Gasteiger partial charge in [-0.05, 0) is 82.2 Å². The number of nitrogens with zero attached hydrogens (tertiary/aromatic N) is 2. The first-order valence-electron chi connectivity index (χ1n) is 19.3. The molecule has 0 radical (unpaired) electrons. The molecule has 1 aromatic heterocycles. The molecule has 0 fully saturated rings. The van der Waals surface area contributed by atoms with Gasteiger partial charge >= 0.3 is 0 Å².